The van der Waals surface area contributed by atoms with Crippen molar-refractivity contribution in [2.45, 2.75) is 6.92 Å². The topological polar surface area (TPSA) is 73.9 Å². The molecule has 0 fully saturated rings. The van der Waals surface area contributed by atoms with E-state index in [1.54, 1.807) is 25.1 Å². The van der Waals surface area contributed by atoms with E-state index < -0.39 is 11.9 Å². The summed E-state index contributed by atoms with van der Waals surface area (Å²) >= 11 is 1.31. The second-order valence-electron chi connectivity index (χ2n) is 5.51. The lowest BCUT2D eigenvalue weighted by Crippen LogP contribution is -2.16. The first-order chi connectivity index (χ1) is 13.1. The van der Waals surface area contributed by atoms with E-state index in [0.29, 0.717) is 22.1 Å². The third-order valence-electron chi connectivity index (χ3n) is 3.96. The van der Waals surface area contributed by atoms with Crippen molar-refractivity contribution in [1.82, 2.24) is 0 Å². The monoisotopic (exact) mass is 385 g/mol. The average molecular weight is 385 g/mol. The third kappa shape index (κ3) is 3.59. The van der Waals surface area contributed by atoms with Crippen LogP contribution in [0, 0.1) is 0 Å². The number of rotatable bonds is 6. The smallest absolute Gasteiger partial charge is 0.341 e. The molecule has 2 aromatic carbocycles. The fraction of sp³-hybridized carbons (Fsp3) is 0.200. The molecule has 0 bridgehead atoms. The summed E-state index contributed by atoms with van der Waals surface area (Å²) in [4.78, 5) is 25.5. The van der Waals surface area contributed by atoms with Gasteiger partial charge in [-0.25, -0.2) is 4.79 Å². The molecule has 0 unspecified atom stereocenters. The van der Waals surface area contributed by atoms with E-state index in [-0.39, 0.29) is 12.2 Å². The fourth-order valence-corrected chi connectivity index (χ4v) is 3.87. The van der Waals surface area contributed by atoms with Crippen molar-refractivity contribution in [1.29, 1.82) is 0 Å². The van der Waals surface area contributed by atoms with E-state index in [1.807, 2.05) is 24.3 Å². The summed E-state index contributed by atoms with van der Waals surface area (Å²) in [6.07, 6.45) is 0. The highest BCUT2D eigenvalue weighted by Gasteiger charge is 2.24. The average Bonchev–Trinajstić information content (AvgIpc) is 3.05. The van der Waals surface area contributed by atoms with Crippen molar-refractivity contribution >= 4 is 38.3 Å². The van der Waals surface area contributed by atoms with Gasteiger partial charge in [0.05, 0.1) is 20.8 Å². The van der Waals surface area contributed by atoms with Crippen molar-refractivity contribution < 1.29 is 23.8 Å². The quantitative estimate of drug-likeness (QED) is 0.639. The Labute approximate surface area is 160 Å². The number of esters is 1. The van der Waals surface area contributed by atoms with Crippen LogP contribution in [0.15, 0.2) is 42.5 Å². The Kier molecular flexibility index (Phi) is 5.61. The Hall–Kier alpha value is -3.06. The van der Waals surface area contributed by atoms with Crippen LogP contribution in [0.2, 0.25) is 0 Å². The lowest BCUT2D eigenvalue weighted by molar-refractivity contribution is 0.0530. The number of hydrogen-bond acceptors (Lipinski definition) is 6. The number of carbonyl (C=O) groups is 2. The number of amides is 1. The zero-order valence-corrected chi connectivity index (χ0v) is 16.0. The first-order valence-electron chi connectivity index (χ1n) is 8.31. The Morgan fingerprint density at radius 2 is 1.63 bits per heavy atom. The maximum absolute atomic E-state index is 13.0. The van der Waals surface area contributed by atoms with Crippen LogP contribution in [0.1, 0.15) is 27.6 Å². The van der Waals surface area contributed by atoms with Gasteiger partial charge in [-0.15, -0.1) is 11.3 Å². The van der Waals surface area contributed by atoms with Gasteiger partial charge in [-0.2, -0.15) is 0 Å². The minimum Gasteiger partial charge on any atom is -0.496 e. The largest absolute Gasteiger partial charge is 0.496 e. The van der Waals surface area contributed by atoms with Crippen LogP contribution in [-0.2, 0) is 4.74 Å². The van der Waals surface area contributed by atoms with Gasteiger partial charge in [0.25, 0.3) is 5.91 Å². The molecule has 6 nitrogen and oxygen atoms in total. The van der Waals surface area contributed by atoms with Gasteiger partial charge in [-0.1, -0.05) is 24.3 Å². The molecular weight excluding hydrogens is 366 g/mol. The number of anilines is 1. The summed E-state index contributed by atoms with van der Waals surface area (Å²) in [6.45, 7) is 1.99. The number of carbonyl (C=O) groups excluding carboxylic acids is 2. The van der Waals surface area contributed by atoms with Gasteiger partial charge in [-0.3, -0.25) is 4.79 Å². The molecule has 1 amide bonds. The standard InChI is InChI=1S/C20H19NO5S/c1-4-26-20(23)16-12-8-5-6-11-15(12)27-19(16)21-18(22)17-13(24-2)9-7-10-14(17)25-3/h5-11H,4H2,1-3H3,(H,21,22). The van der Waals surface area contributed by atoms with Crippen LogP contribution in [0.4, 0.5) is 5.00 Å². The normalized spacial score (nSPS) is 10.5. The lowest BCUT2D eigenvalue weighted by atomic mass is 10.1. The predicted octanol–water partition coefficient (Wildman–Crippen LogP) is 4.35. The van der Waals surface area contributed by atoms with Crippen molar-refractivity contribution in [2.24, 2.45) is 0 Å². The van der Waals surface area contributed by atoms with E-state index in [0.717, 1.165) is 10.1 Å². The summed E-state index contributed by atoms with van der Waals surface area (Å²) in [5.74, 6) is -0.144. The minimum atomic E-state index is -0.475. The van der Waals surface area contributed by atoms with Crippen LogP contribution in [0.3, 0.4) is 0 Å². The summed E-state index contributed by atoms with van der Waals surface area (Å²) in [7, 11) is 2.96. The van der Waals surface area contributed by atoms with E-state index in [4.69, 9.17) is 14.2 Å². The van der Waals surface area contributed by atoms with Gasteiger partial charge in [-0.05, 0) is 25.1 Å². The SMILES string of the molecule is CCOC(=O)c1c(NC(=O)c2c(OC)cccc2OC)sc2ccccc12. The highest BCUT2D eigenvalue weighted by molar-refractivity contribution is 7.23. The fourth-order valence-electron chi connectivity index (χ4n) is 2.78. The van der Waals surface area contributed by atoms with E-state index in [2.05, 4.69) is 5.32 Å². The number of thiophene rings is 1. The van der Waals surface area contributed by atoms with Crippen molar-refractivity contribution in [3.05, 3.63) is 53.6 Å². The Balaban J connectivity index is 2.06. The van der Waals surface area contributed by atoms with Crippen molar-refractivity contribution in [3.63, 3.8) is 0 Å². The second kappa shape index (κ2) is 8.09. The summed E-state index contributed by atoms with van der Waals surface area (Å²) in [6, 6.07) is 12.5. The summed E-state index contributed by atoms with van der Waals surface area (Å²) < 4.78 is 16.6. The Bertz CT molecular complexity index is 973. The molecular formula is C20H19NO5S. The first kappa shape index (κ1) is 18.7. The molecule has 1 heterocycles. The molecule has 0 atom stereocenters. The maximum Gasteiger partial charge on any atom is 0.341 e. The van der Waals surface area contributed by atoms with Gasteiger partial charge in [0.1, 0.15) is 27.6 Å². The zero-order valence-electron chi connectivity index (χ0n) is 15.2. The van der Waals surface area contributed by atoms with E-state index in [9.17, 15) is 9.59 Å². The molecule has 1 aromatic heterocycles. The highest BCUT2D eigenvalue weighted by atomic mass is 32.1. The molecule has 27 heavy (non-hydrogen) atoms. The van der Waals surface area contributed by atoms with Crippen molar-refractivity contribution in [2.75, 3.05) is 26.1 Å². The molecule has 3 aromatic rings. The molecule has 0 spiro atoms. The van der Waals surface area contributed by atoms with Crippen LogP contribution >= 0.6 is 11.3 Å². The predicted molar refractivity (Wildman–Crippen MR) is 105 cm³/mol. The van der Waals surface area contributed by atoms with Gasteiger partial charge in [0, 0.05) is 10.1 Å². The van der Waals surface area contributed by atoms with Gasteiger partial charge in [0.2, 0.25) is 0 Å². The van der Waals surface area contributed by atoms with Crippen molar-refractivity contribution in [3.8, 4) is 11.5 Å². The van der Waals surface area contributed by atoms with Crippen LogP contribution < -0.4 is 14.8 Å². The maximum atomic E-state index is 13.0. The van der Waals surface area contributed by atoms with E-state index in [1.165, 1.54) is 25.6 Å². The summed E-state index contributed by atoms with van der Waals surface area (Å²) in [5, 5.41) is 3.99. The van der Waals surface area contributed by atoms with Gasteiger partial charge >= 0.3 is 5.97 Å². The number of hydrogen-bond donors (Lipinski definition) is 1. The molecule has 0 aliphatic rings. The third-order valence-corrected chi connectivity index (χ3v) is 5.04. The first-order valence-corrected chi connectivity index (χ1v) is 9.13. The molecule has 3 rings (SSSR count). The molecule has 0 aliphatic carbocycles. The molecule has 1 N–H and O–H groups in total. The number of ether oxygens (including phenoxy) is 3. The zero-order chi connectivity index (χ0) is 19.4. The molecule has 7 heteroatoms. The van der Waals surface area contributed by atoms with Crippen LogP contribution in [-0.4, -0.2) is 32.7 Å². The van der Waals surface area contributed by atoms with Gasteiger partial charge in [0.15, 0.2) is 0 Å². The number of nitrogens with one attached hydrogen (secondary N) is 1. The lowest BCUT2D eigenvalue weighted by Gasteiger charge is -2.13. The van der Waals surface area contributed by atoms with E-state index >= 15 is 0 Å². The number of benzene rings is 2. The van der Waals surface area contributed by atoms with Crippen LogP contribution in [0.5, 0.6) is 11.5 Å². The number of fused-ring (bicyclic) bond motifs is 1. The Morgan fingerprint density at radius 3 is 2.26 bits per heavy atom. The molecule has 140 valence electrons. The van der Waals surface area contributed by atoms with Gasteiger partial charge < -0.3 is 19.5 Å². The Morgan fingerprint density at radius 1 is 0.963 bits per heavy atom. The number of methoxy groups -OCH3 is 2. The summed E-state index contributed by atoms with van der Waals surface area (Å²) in [5.41, 5.74) is 0.606. The highest BCUT2D eigenvalue weighted by Crippen LogP contribution is 2.37. The second-order valence-corrected chi connectivity index (χ2v) is 6.57. The van der Waals surface area contributed by atoms with Crippen LogP contribution in [0.25, 0.3) is 10.1 Å². The molecule has 0 aliphatic heterocycles. The molecule has 0 saturated heterocycles. The minimum absolute atomic E-state index is 0.247. The molecule has 0 saturated carbocycles. The molecule has 0 radical (unpaired) electrons.